The summed E-state index contributed by atoms with van der Waals surface area (Å²) in [4.78, 5) is 11.1. The molecule has 0 amide bonds. The largest absolute Gasteiger partial charge is 0.495 e. The zero-order chi connectivity index (χ0) is 13.1. The van der Waals surface area contributed by atoms with Gasteiger partial charge in [-0.05, 0) is 23.8 Å². The first kappa shape index (κ1) is 12.0. The van der Waals surface area contributed by atoms with Crippen molar-refractivity contribution in [3.8, 4) is 16.9 Å². The van der Waals surface area contributed by atoms with Crippen molar-refractivity contribution in [2.45, 2.75) is 0 Å². The summed E-state index contributed by atoms with van der Waals surface area (Å²) in [7, 11) is 1.46. The van der Waals surface area contributed by atoms with E-state index in [1.165, 1.54) is 13.2 Å². The molecule has 0 unspecified atom stereocenters. The average Bonchev–Trinajstić information content (AvgIpc) is 2.37. The van der Waals surface area contributed by atoms with Crippen LogP contribution in [0, 0.1) is 0 Å². The van der Waals surface area contributed by atoms with Crippen molar-refractivity contribution in [1.82, 2.24) is 0 Å². The molecule has 0 aliphatic heterocycles. The molecule has 2 aromatic rings. The predicted molar refractivity (Wildman–Crippen MR) is 69.8 cm³/mol. The number of rotatable bonds is 3. The highest BCUT2D eigenvalue weighted by Gasteiger charge is 2.15. The van der Waals surface area contributed by atoms with E-state index in [0.717, 1.165) is 5.56 Å². The molecule has 18 heavy (non-hydrogen) atoms. The predicted octanol–water partition coefficient (Wildman–Crippen LogP) is 2.64. The van der Waals surface area contributed by atoms with Crippen molar-refractivity contribution in [2.75, 3.05) is 12.8 Å². The first-order valence-corrected chi connectivity index (χ1v) is 5.39. The number of carboxylic acid groups (broad SMARTS) is 1. The van der Waals surface area contributed by atoms with Crippen LogP contribution in [0.4, 0.5) is 5.69 Å². The lowest BCUT2D eigenvalue weighted by atomic mass is 10.0. The summed E-state index contributed by atoms with van der Waals surface area (Å²) >= 11 is 0. The van der Waals surface area contributed by atoms with Gasteiger partial charge in [-0.3, -0.25) is 0 Å². The fraction of sp³-hybridized carbons (Fsp3) is 0.0714. The molecule has 0 saturated carbocycles. The highest BCUT2D eigenvalue weighted by molar-refractivity contribution is 5.94. The Balaban J connectivity index is 2.64. The molecule has 0 bridgehead atoms. The molecule has 3 N–H and O–H groups in total. The van der Waals surface area contributed by atoms with Gasteiger partial charge in [0.05, 0.1) is 7.11 Å². The molecule has 0 fully saturated rings. The molecule has 0 radical (unpaired) electrons. The van der Waals surface area contributed by atoms with Crippen LogP contribution in [-0.2, 0) is 0 Å². The number of anilines is 1. The first-order valence-electron chi connectivity index (χ1n) is 5.39. The molecule has 0 aliphatic carbocycles. The van der Waals surface area contributed by atoms with E-state index in [2.05, 4.69) is 0 Å². The fourth-order valence-corrected chi connectivity index (χ4v) is 1.86. The highest BCUT2D eigenvalue weighted by Crippen LogP contribution is 2.33. The number of aromatic carboxylic acids is 1. The second kappa shape index (κ2) is 4.79. The van der Waals surface area contributed by atoms with Crippen LogP contribution in [0.5, 0.6) is 5.75 Å². The van der Waals surface area contributed by atoms with Crippen molar-refractivity contribution in [2.24, 2.45) is 0 Å². The van der Waals surface area contributed by atoms with E-state index in [-0.39, 0.29) is 5.56 Å². The van der Waals surface area contributed by atoms with E-state index in [1.54, 1.807) is 24.3 Å². The maximum atomic E-state index is 11.1. The average molecular weight is 243 g/mol. The minimum atomic E-state index is -1.02. The monoisotopic (exact) mass is 243 g/mol. The van der Waals surface area contributed by atoms with Crippen LogP contribution in [0.25, 0.3) is 11.1 Å². The van der Waals surface area contributed by atoms with Gasteiger partial charge in [0.1, 0.15) is 11.3 Å². The van der Waals surface area contributed by atoms with Crippen LogP contribution in [0.15, 0.2) is 42.5 Å². The molecule has 2 rings (SSSR count). The van der Waals surface area contributed by atoms with Gasteiger partial charge in [-0.25, -0.2) is 4.79 Å². The van der Waals surface area contributed by atoms with E-state index in [1.807, 2.05) is 12.1 Å². The van der Waals surface area contributed by atoms with Crippen molar-refractivity contribution < 1.29 is 14.6 Å². The fourth-order valence-electron chi connectivity index (χ4n) is 1.86. The van der Waals surface area contributed by atoms with E-state index in [4.69, 9.17) is 15.6 Å². The second-order valence-electron chi connectivity index (χ2n) is 3.82. The SMILES string of the molecule is COc1c(C(=O)O)cccc1-c1cccc(N)c1. The Morgan fingerprint density at radius 3 is 2.56 bits per heavy atom. The lowest BCUT2D eigenvalue weighted by Gasteiger charge is -2.11. The summed E-state index contributed by atoms with van der Waals surface area (Å²) in [6.45, 7) is 0. The van der Waals surface area contributed by atoms with Crippen molar-refractivity contribution in [1.29, 1.82) is 0 Å². The van der Waals surface area contributed by atoms with E-state index in [9.17, 15) is 4.79 Å². The summed E-state index contributed by atoms with van der Waals surface area (Å²) in [5.74, 6) is -0.673. The number of benzene rings is 2. The van der Waals surface area contributed by atoms with Gasteiger partial charge in [-0.1, -0.05) is 24.3 Å². The number of para-hydroxylation sites is 1. The van der Waals surface area contributed by atoms with Gasteiger partial charge in [0.2, 0.25) is 0 Å². The zero-order valence-corrected chi connectivity index (χ0v) is 9.88. The van der Waals surface area contributed by atoms with Gasteiger partial charge < -0.3 is 15.6 Å². The smallest absolute Gasteiger partial charge is 0.339 e. The number of nitrogen functional groups attached to an aromatic ring is 1. The van der Waals surface area contributed by atoms with Crippen molar-refractivity contribution in [3.63, 3.8) is 0 Å². The number of methoxy groups -OCH3 is 1. The molecule has 0 heterocycles. The van der Waals surface area contributed by atoms with Crippen LogP contribution in [-0.4, -0.2) is 18.2 Å². The van der Waals surface area contributed by atoms with Crippen molar-refractivity contribution >= 4 is 11.7 Å². The zero-order valence-electron chi connectivity index (χ0n) is 9.88. The Morgan fingerprint density at radius 1 is 1.22 bits per heavy atom. The lowest BCUT2D eigenvalue weighted by molar-refractivity contribution is 0.0693. The summed E-state index contributed by atoms with van der Waals surface area (Å²) in [5.41, 5.74) is 8.03. The van der Waals surface area contributed by atoms with Crippen LogP contribution in [0.2, 0.25) is 0 Å². The van der Waals surface area contributed by atoms with Gasteiger partial charge in [0.25, 0.3) is 0 Å². The maximum Gasteiger partial charge on any atom is 0.339 e. The number of hydrogen-bond acceptors (Lipinski definition) is 3. The Hall–Kier alpha value is -2.49. The van der Waals surface area contributed by atoms with Crippen LogP contribution in [0.3, 0.4) is 0 Å². The second-order valence-corrected chi connectivity index (χ2v) is 3.82. The molecular formula is C14H13NO3. The standard InChI is InChI=1S/C14H13NO3/c1-18-13-11(6-3-7-12(13)14(16)17)9-4-2-5-10(15)8-9/h2-8H,15H2,1H3,(H,16,17). The molecule has 0 aliphatic rings. The molecule has 0 saturated heterocycles. The van der Waals surface area contributed by atoms with Gasteiger partial charge in [0, 0.05) is 11.3 Å². The summed E-state index contributed by atoms with van der Waals surface area (Å²) in [5, 5.41) is 9.12. The third-order valence-corrected chi connectivity index (χ3v) is 2.65. The lowest BCUT2D eigenvalue weighted by Crippen LogP contribution is -2.01. The van der Waals surface area contributed by atoms with Crippen LogP contribution < -0.4 is 10.5 Å². The third-order valence-electron chi connectivity index (χ3n) is 2.65. The Labute approximate surface area is 105 Å². The summed E-state index contributed by atoms with van der Waals surface area (Å²) in [6, 6.07) is 12.2. The molecule has 0 atom stereocenters. The summed E-state index contributed by atoms with van der Waals surface area (Å²) in [6.07, 6.45) is 0. The summed E-state index contributed by atoms with van der Waals surface area (Å²) < 4.78 is 5.21. The molecule has 2 aromatic carbocycles. The van der Waals surface area contributed by atoms with E-state index in [0.29, 0.717) is 17.0 Å². The van der Waals surface area contributed by atoms with Crippen LogP contribution >= 0.6 is 0 Å². The minimum Gasteiger partial charge on any atom is -0.495 e. The van der Waals surface area contributed by atoms with Gasteiger partial charge in [0.15, 0.2) is 0 Å². The van der Waals surface area contributed by atoms with E-state index < -0.39 is 5.97 Å². The third kappa shape index (κ3) is 2.13. The number of hydrogen-bond donors (Lipinski definition) is 2. The number of carboxylic acids is 1. The van der Waals surface area contributed by atoms with E-state index >= 15 is 0 Å². The Morgan fingerprint density at radius 2 is 1.94 bits per heavy atom. The quantitative estimate of drug-likeness (QED) is 0.813. The van der Waals surface area contributed by atoms with Crippen LogP contribution in [0.1, 0.15) is 10.4 Å². The highest BCUT2D eigenvalue weighted by atomic mass is 16.5. The number of nitrogens with two attached hydrogens (primary N) is 1. The topological polar surface area (TPSA) is 72.5 Å². The molecule has 4 heteroatoms. The molecule has 0 spiro atoms. The van der Waals surface area contributed by atoms with Gasteiger partial charge in [-0.2, -0.15) is 0 Å². The number of carbonyl (C=O) groups is 1. The Kier molecular flexibility index (Phi) is 3.19. The maximum absolute atomic E-state index is 11.1. The Bertz CT molecular complexity index is 593. The molecule has 4 nitrogen and oxygen atoms in total. The van der Waals surface area contributed by atoms with Crippen molar-refractivity contribution in [3.05, 3.63) is 48.0 Å². The normalized spacial score (nSPS) is 10.1. The molecule has 0 aromatic heterocycles. The van der Waals surface area contributed by atoms with Gasteiger partial charge >= 0.3 is 5.97 Å². The minimum absolute atomic E-state index is 0.137. The van der Waals surface area contributed by atoms with Gasteiger partial charge in [-0.15, -0.1) is 0 Å². The molecule has 92 valence electrons. The number of ether oxygens (including phenoxy) is 1. The molecular weight excluding hydrogens is 230 g/mol. The first-order chi connectivity index (χ1) is 8.63.